The number of urea groups is 1. The van der Waals surface area contributed by atoms with Gasteiger partial charge >= 0.3 is 6.03 Å². The fourth-order valence-electron chi connectivity index (χ4n) is 3.45. The summed E-state index contributed by atoms with van der Waals surface area (Å²) in [6.07, 6.45) is 2.20. The quantitative estimate of drug-likeness (QED) is 0.160. The molecular formula is C26H23BrF2N4O5. The third kappa shape index (κ3) is 6.38. The summed E-state index contributed by atoms with van der Waals surface area (Å²) < 4.78 is 49.6. The fourth-order valence-corrected chi connectivity index (χ4v) is 3.68. The van der Waals surface area contributed by atoms with E-state index in [0.717, 1.165) is 23.9 Å². The van der Waals surface area contributed by atoms with Crippen molar-refractivity contribution in [2.75, 3.05) is 36.8 Å². The van der Waals surface area contributed by atoms with Crippen molar-refractivity contribution in [1.82, 2.24) is 9.97 Å². The van der Waals surface area contributed by atoms with Crippen LogP contribution in [0, 0.1) is 11.6 Å². The van der Waals surface area contributed by atoms with E-state index in [2.05, 4.69) is 36.5 Å². The Labute approximate surface area is 225 Å². The summed E-state index contributed by atoms with van der Waals surface area (Å²) in [7, 11) is 2.96. The van der Waals surface area contributed by atoms with Crippen LogP contribution >= 0.6 is 15.9 Å². The minimum absolute atomic E-state index is 0.175. The van der Waals surface area contributed by atoms with Crippen molar-refractivity contribution < 1.29 is 32.5 Å². The molecule has 0 radical (unpaired) electrons. The van der Waals surface area contributed by atoms with Crippen LogP contribution in [0.25, 0.3) is 10.9 Å². The predicted molar refractivity (Wildman–Crippen MR) is 142 cm³/mol. The number of anilines is 2. The van der Waals surface area contributed by atoms with E-state index in [1.54, 1.807) is 37.4 Å². The molecule has 0 bridgehead atoms. The lowest BCUT2D eigenvalue weighted by molar-refractivity contribution is 0.262. The van der Waals surface area contributed by atoms with E-state index in [0.29, 0.717) is 46.5 Å². The second-order valence-corrected chi connectivity index (χ2v) is 8.55. The van der Waals surface area contributed by atoms with Crippen molar-refractivity contribution >= 4 is 44.2 Å². The molecule has 4 rings (SSSR count). The summed E-state index contributed by atoms with van der Waals surface area (Å²) in [6, 6.07) is 10.3. The number of nitrogens with one attached hydrogen (secondary N) is 2. The molecule has 12 heteroatoms. The molecule has 0 unspecified atom stereocenters. The first-order valence-corrected chi connectivity index (χ1v) is 12.4. The first-order chi connectivity index (χ1) is 18.4. The van der Waals surface area contributed by atoms with Crippen LogP contribution in [0.15, 0.2) is 54.9 Å². The molecule has 3 aromatic carbocycles. The number of halogens is 3. The van der Waals surface area contributed by atoms with Gasteiger partial charge in [0, 0.05) is 23.5 Å². The van der Waals surface area contributed by atoms with Gasteiger partial charge in [-0.25, -0.2) is 23.5 Å². The summed E-state index contributed by atoms with van der Waals surface area (Å²) in [4.78, 5) is 20.9. The highest BCUT2D eigenvalue weighted by atomic mass is 79.9. The van der Waals surface area contributed by atoms with Crippen LogP contribution in [0.3, 0.4) is 0 Å². The standard InChI is InChI=1S/C26H23BrF2N4O5/c1-35-22-11-16(5-7-20(22)33-26(34)32-19-6-4-15(28)10-18(19)29)38-25-17-12-23(36-2)24(37-9-3-8-27)13-21(17)30-14-31-25/h4-7,10-14H,3,8-9H2,1-2H3,(H2,32,33,34). The summed E-state index contributed by atoms with van der Waals surface area (Å²) in [5.74, 6) is 0.327. The lowest BCUT2D eigenvalue weighted by atomic mass is 10.2. The van der Waals surface area contributed by atoms with Crippen molar-refractivity contribution in [1.29, 1.82) is 0 Å². The number of aromatic nitrogens is 2. The molecule has 1 aromatic heterocycles. The van der Waals surface area contributed by atoms with Gasteiger partial charge in [0.05, 0.1) is 43.1 Å². The third-order valence-electron chi connectivity index (χ3n) is 5.23. The zero-order valence-electron chi connectivity index (χ0n) is 20.4. The molecule has 0 aliphatic heterocycles. The molecule has 2 amide bonds. The number of fused-ring (bicyclic) bond motifs is 1. The number of carbonyl (C=O) groups excluding carboxylic acids is 1. The predicted octanol–water partition coefficient (Wildman–Crippen LogP) is 6.53. The molecule has 0 saturated carbocycles. The van der Waals surface area contributed by atoms with E-state index < -0.39 is 17.7 Å². The smallest absolute Gasteiger partial charge is 0.323 e. The Bertz CT molecular complexity index is 1460. The first kappa shape index (κ1) is 26.9. The minimum Gasteiger partial charge on any atom is -0.494 e. The molecular weight excluding hydrogens is 566 g/mol. The molecule has 0 saturated heterocycles. The lowest BCUT2D eigenvalue weighted by Gasteiger charge is -2.15. The van der Waals surface area contributed by atoms with Crippen LogP contribution in [-0.2, 0) is 0 Å². The average molecular weight is 589 g/mol. The number of hydrogen-bond donors (Lipinski definition) is 2. The van der Waals surface area contributed by atoms with Gasteiger partial charge in [0.1, 0.15) is 29.5 Å². The van der Waals surface area contributed by atoms with Crippen LogP contribution < -0.4 is 29.6 Å². The highest BCUT2D eigenvalue weighted by Gasteiger charge is 2.15. The second kappa shape index (κ2) is 12.4. The number of carbonyl (C=O) groups is 1. The fraction of sp³-hybridized carbons (Fsp3) is 0.192. The van der Waals surface area contributed by atoms with Crippen LogP contribution in [0.4, 0.5) is 25.0 Å². The highest BCUT2D eigenvalue weighted by Crippen LogP contribution is 2.37. The van der Waals surface area contributed by atoms with E-state index in [-0.39, 0.29) is 17.3 Å². The SMILES string of the molecule is COc1cc(Oc2ncnc3cc(OCCCBr)c(OC)cc23)ccc1NC(=O)Nc1ccc(F)cc1F. The molecule has 38 heavy (non-hydrogen) atoms. The Kier molecular flexibility index (Phi) is 8.74. The third-order valence-corrected chi connectivity index (χ3v) is 5.80. The summed E-state index contributed by atoms with van der Waals surface area (Å²) >= 11 is 3.38. The molecule has 2 N–H and O–H groups in total. The summed E-state index contributed by atoms with van der Waals surface area (Å²) in [5, 5.41) is 6.30. The van der Waals surface area contributed by atoms with Gasteiger partial charge in [0.15, 0.2) is 11.5 Å². The van der Waals surface area contributed by atoms with Crippen LogP contribution in [0.2, 0.25) is 0 Å². The van der Waals surface area contributed by atoms with Crippen molar-refractivity contribution in [2.24, 2.45) is 0 Å². The zero-order valence-corrected chi connectivity index (χ0v) is 22.0. The Morgan fingerprint density at radius 2 is 1.68 bits per heavy atom. The zero-order chi connectivity index (χ0) is 27.1. The van der Waals surface area contributed by atoms with Crippen molar-refractivity contribution in [3.63, 3.8) is 0 Å². The number of rotatable bonds is 10. The van der Waals surface area contributed by atoms with Crippen molar-refractivity contribution in [2.45, 2.75) is 6.42 Å². The summed E-state index contributed by atoms with van der Waals surface area (Å²) in [6.45, 7) is 0.512. The van der Waals surface area contributed by atoms with E-state index in [1.165, 1.54) is 13.4 Å². The maximum atomic E-state index is 13.9. The van der Waals surface area contributed by atoms with E-state index in [1.807, 2.05) is 0 Å². The average Bonchev–Trinajstić information content (AvgIpc) is 2.91. The lowest BCUT2D eigenvalue weighted by Crippen LogP contribution is -2.20. The van der Waals surface area contributed by atoms with Gasteiger partial charge in [0.25, 0.3) is 0 Å². The van der Waals surface area contributed by atoms with Crippen LogP contribution in [-0.4, -0.2) is 42.2 Å². The molecule has 0 atom stereocenters. The largest absolute Gasteiger partial charge is 0.494 e. The van der Waals surface area contributed by atoms with Crippen LogP contribution in [0.5, 0.6) is 28.9 Å². The van der Waals surface area contributed by atoms with Crippen molar-refractivity contribution in [3.05, 3.63) is 66.5 Å². The van der Waals surface area contributed by atoms with E-state index >= 15 is 0 Å². The molecule has 198 valence electrons. The molecule has 0 aliphatic rings. The second-order valence-electron chi connectivity index (χ2n) is 7.76. The molecule has 4 aromatic rings. The number of amides is 2. The number of benzene rings is 3. The molecule has 0 fully saturated rings. The number of hydrogen-bond acceptors (Lipinski definition) is 7. The maximum Gasteiger partial charge on any atom is 0.323 e. The Morgan fingerprint density at radius 3 is 2.42 bits per heavy atom. The van der Waals surface area contributed by atoms with Gasteiger partial charge in [0.2, 0.25) is 5.88 Å². The number of ether oxygens (including phenoxy) is 4. The van der Waals surface area contributed by atoms with E-state index in [4.69, 9.17) is 18.9 Å². The first-order valence-electron chi connectivity index (χ1n) is 11.3. The van der Waals surface area contributed by atoms with Crippen LogP contribution in [0.1, 0.15) is 6.42 Å². The van der Waals surface area contributed by atoms with Gasteiger partial charge in [-0.1, -0.05) is 15.9 Å². The monoisotopic (exact) mass is 588 g/mol. The highest BCUT2D eigenvalue weighted by molar-refractivity contribution is 9.09. The van der Waals surface area contributed by atoms with Gasteiger partial charge in [-0.2, -0.15) is 0 Å². The maximum absolute atomic E-state index is 13.9. The Hall–Kier alpha value is -4.19. The topological polar surface area (TPSA) is 104 Å². The molecule has 0 aliphatic carbocycles. The molecule has 0 spiro atoms. The van der Waals surface area contributed by atoms with Gasteiger partial charge < -0.3 is 29.6 Å². The number of nitrogens with zero attached hydrogens (tertiary/aromatic N) is 2. The summed E-state index contributed by atoms with van der Waals surface area (Å²) in [5.41, 5.74) is 0.713. The minimum atomic E-state index is -0.901. The normalized spacial score (nSPS) is 10.7. The van der Waals surface area contributed by atoms with Gasteiger partial charge in [-0.15, -0.1) is 0 Å². The van der Waals surface area contributed by atoms with Gasteiger partial charge in [-0.05, 0) is 36.8 Å². The Morgan fingerprint density at radius 1 is 0.921 bits per heavy atom. The van der Waals surface area contributed by atoms with Gasteiger partial charge in [-0.3, -0.25) is 0 Å². The molecule has 9 nitrogen and oxygen atoms in total. The van der Waals surface area contributed by atoms with E-state index in [9.17, 15) is 13.6 Å². The number of methoxy groups -OCH3 is 2. The molecule has 1 heterocycles. The Balaban J connectivity index is 1.53. The number of alkyl halides is 1. The van der Waals surface area contributed by atoms with Crippen molar-refractivity contribution in [3.8, 4) is 28.9 Å².